The first-order chi connectivity index (χ1) is 11.9. The van der Waals surface area contributed by atoms with E-state index < -0.39 is 17.6 Å². The fourth-order valence-corrected chi connectivity index (χ4v) is 2.31. The van der Waals surface area contributed by atoms with E-state index in [9.17, 15) is 18.0 Å². The van der Waals surface area contributed by atoms with Crippen molar-refractivity contribution in [3.63, 3.8) is 0 Å². The number of halogens is 3. The Hall–Kier alpha value is -2.61. The van der Waals surface area contributed by atoms with E-state index in [1.165, 1.54) is 24.4 Å². The lowest BCUT2D eigenvalue weighted by Gasteiger charge is -2.11. The van der Waals surface area contributed by atoms with Crippen molar-refractivity contribution in [2.45, 2.75) is 18.7 Å². The Bertz CT molecular complexity index is 724. The van der Waals surface area contributed by atoms with Crippen LogP contribution in [0, 0.1) is 0 Å². The van der Waals surface area contributed by atoms with E-state index in [0.717, 1.165) is 18.6 Å². The van der Waals surface area contributed by atoms with Crippen molar-refractivity contribution in [2.24, 2.45) is 0 Å². The van der Waals surface area contributed by atoms with E-state index in [1.54, 1.807) is 6.07 Å². The Morgan fingerprint density at radius 1 is 1.20 bits per heavy atom. The molecule has 1 atom stereocenters. The van der Waals surface area contributed by atoms with E-state index >= 15 is 0 Å². The molecule has 1 aliphatic heterocycles. The fourth-order valence-electron chi connectivity index (χ4n) is 2.31. The molecule has 2 heterocycles. The fraction of sp³-hybridized carbons (Fsp3) is 0.294. The van der Waals surface area contributed by atoms with Crippen LogP contribution in [0.2, 0.25) is 0 Å². The van der Waals surface area contributed by atoms with Gasteiger partial charge in [0.05, 0.1) is 24.3 Å². The van der Waals surface area contributed by atoms with Crippen molar-refractivity contribution in [2.75, 3.05) is 18.5 Å². The van der Waals surface area contributed by atoms with Crippen LogP contribution in [-0.4, -0.2) is 30.2 Å². The highest BCUT2D eigenvalue weighted by Gasteiger charge is 2.30. The number of hydrogen-bond donors (Lipinski definition) is 1. The van der Waals surface area contributed by atoms with Crippen LogP contribution in [-0.2, 0) is 10.9 Å². The van der Waals surface area contributed by atoms with Crippen LogP contribution in [0.15, 0.2) is 42.6 Å². The van der Waals surface area contributed by atoms with Crippen LogP contribution in [0.25, 0.3) is 0 Å². The Labute approximate surface area is 141 Å². The standard InChI is InChI=1S/C17H15F3N2O3/c18-17(19,20)12-2-4-13(5-3-12)22-16(23)11-1-6-15(21-9-11)25-14-7-8-24-10-14/h1-6,9,14H,7-8,10H2,(H,22,23). The number of ether oxygens (including phenoxy) is 2. The third kappa shape index (κ3) is 4.48. The smallest absolute Gasteiger partial charge is 0.416 e. The van der Waals surface area contributed by atoms with Crippen molar-refractivity contribution in [1.29, 1.82) is 0 Å². The van der Waals surface area contributed by atoms with E-state index in [0.29, 0.717) is 19.1 Å². The minimum Gasteiger partial charge on any atom is -0.472 e. The van der Waals surface area contributed by atoms with Gasteiger partial charge in [0.25, 0.3) is 5.91 Å². The van der Waals surface area contributed by atoms with Gasteiger partial charge in [-0.2, -0.15) is 13.2 Å². The summed E-state index contributed by atoms with van der Waals surface area (Å²) < 4.78 is 48.3. The minimum atomic E-state index is -4.41. The van der Waals surface area contributed by atoms with E-state index in [-0.39, 0.29) is 17.4 Å². The monoisotopic (exact) mass is 352 g/mol. The lowest BCUT2D eigenvalue weighted by molar-refractivity contribution is -0.137. The zero-order chi connectivity index (χ0) is 17.9. The quantitative estimate of drug-likeness (QED) is 0.915. The molecule has 1 saturated heterocycles. The van der Waals surface area contributed by atoms with Crippen molar-refractivity contribution in [3.05, 3.63) is 53.7 Å². The van der Waals surface area contributed by atoms with Gasteiger partial charge in [-0.15, -0.1) is 0 Å². The summed E-state index contributed by atoms with van der Waals surface area (Å²) in [6.07, 6.45) is -2.31. The van der Waals surface area contributed by atoms with Gasteiger partial charge in [-0.05, 0) is 30.3 Å². The van der Waals surface area contributed by atoms with E-state index in [1.807, 2.05) is 0 Å². The Morgan fingerprint density at radius 2 is 1.96 bits per heavy atom. The molecule has 0 radical (unpaired) electrons. The van der Waals surface area contributed by atoms with Crippen molar-refractivity contribution in [1.82, 2.24) is 4.98 Å². The largest absolute Gasteiger partial charge is 0.472 e. The zero-order valence-electron chi connectivity index (χ0n) is 13.0. The van der Waals surface area contributed by atoms with Crippen LogP contribution in [0.4, 0.5) is 18.9 Å². The maximum Gasteiger partial charge on any atom is 0.416 e. The number of nitrogens with zero attached hydrogens (tertiary/aromatic N) is 1. The van der Waals surface area contributed by atoms with Gasteiger partial charge >= 0.3 is 6.18 Å². The number of aromatic nitrogens is 1. The average Bonchev–Trinajstić information content (AvgIpc) is 3.08. The molecule has 1 aliphatic rings. The molecule has 1 amide bonds. The summed E-state index contributed by atoms with van der Waals surface area (Å²) in [5.41, 5.74) is -0.235. The number of rotatable bonds is 4. The van der Waals surface area contributed by atoms with E-state index in [4.69, 9.17) is 9.47 Å². The molecular weight excluding hydrogens is 337 g/mol. The molecule has 1 fully saturated rings. The molecule has 5 nitrogen and oxygen atoms in total. The number of carbonyl (C=O) groups excluding carboxylic acids is 1. The van der Waals surface area contributed by atoms with Gasteiger partial charge in [-0.1, -0.05) is 0 Å². The maximum atomic E-state index is 12.5. The van der Waals surface area contributed by atoms with Crippen LogP contribution in [0.5, 0.6) is 5.88 Å². The maximum absolute atomic E-state index is 12.5. The second kappa shape index (κ2) is 7.10. The van der Waals surface area contributed by atoms with Gasteiger partial charge in [-0.3, -0.25) is 4.79 Å². The topological polar surface area (TPSA) is 60.5 Å². The highest BCUT2D eigenvalue weighted by atomic mass is 19.4. The number of pyridine rings is 1. The number of nitrogens with one attached hydrogen (secondary N) is 1. The average molecular weight is 352 g/mol. The number of alkyl halides is 3. The van der Waals surface area contributed by atoms with Gasteiger partial charge in [0.15, 0.2) is 0 Å². The molecule has 1 aromatic heterocycles. The molecule has 2 aromatic rings. The third-order valence-electron chi connectivity index (χ3n) is 3.64. The Balaban J connectivity index is 1.60. The summed E-state index contributed by atoms with van der Waals surface area (Å²) in [5.74, 6) is -0.0791. The molecule has 1 aromatic carbocycles. The number of benzene rings is 1. The molecule has 0 spiro atoms. The van der Waals surface area contributed by atoms with Crippen molar-refractivity contribution >= 4 is 11.6 Å². The minimum absolute atomic E-state index is 0.0423. The summed E-state index contributed by atoms with van der Waals surface area (Å²) in [7, 11) is 0. The summed E-state index contributed by atoms with van der Waals surface area (Å²) >= 11 is 0. The van der Waals surface area contributed by atoms with Crippen LogP contribution in [0.3, 0.4) is 0 Å². The van der Waals surface area contributed by atoms with Crippen LogP contribution >= 0.6 is 0 Å². The van der Waals surface area contributed by atoms with Gasteiger partial charge in [0.2, 0.25) is 5.88 Å². The van der Waals surface area contributed by atoms with Gasteiger partial charge in [-0.25, -0.2) is 4.98 Å². The molecule has 3 rings (SSSR count). The number of amides is 1. The summed E-state index contributed by atoms with van der Waals surface area (Å²) in [6, 6.07) is 7.33. The normalized spacial score (nSPS) is 17.3. The molecular formula is C17H15F3N2O3. The number of hydrogen-bond acceptors (Lipinski definition) is 4. The zero-order valence-corrected chi connectivity index (χ0v) is 13.0. The molecule has 0 aliphatic carbocycles. The molecule has 1 N–H and O–H groups in total. The van der Waals surface area contributed by atoms with Gasteiger partial charge in [0, 0.05) is 24.4 Å². The lowest BCUT2D eigenvalue weighted by atomic mass is 10.2. The summed E-state index contributed by atoms with van der Waals surface area (Å²) in [5, 5.41) is 2.52. The van der Waals surface area contributed by atoms with Crippen LogP contribution < -0.4 is 10.1 Å². The highest BCUT2D eigenvalue weighted by Crippen LogP contribution is 2.29. The first kappa shape index (κ1) is 17.2. The SMILES string of the molecule is O=C(Nc1ccc(C(F)(F)F)cc1)c1ccc(OC2CCOC2)nc1. The predicted octanol–water partition coefficient (Wildman–Crippen LogP) is 3.52. The lowest BCUT2D eigenvalue weighted by Crippen LogP contribution is -2.17. The molecule has 0 saturated carbocycles. The Morgan fingerprint density at radius 3 is 2.52 bits per heavy atom. The number of anilines is 1. The number of carbonyl (C=O) groups is 1. The molecule has 25 heavy (non-hydrogen) atoms. The first-order valence-electron chi connectivity index (χ1n) is 7.61. The van der Waals surface area contributed by atoms with Crippen molar-refractivity contribution < 1.29 is 27.4 Å². The second-order valence-corrected chi connectivity index (χ2v) is 5.52. The summed E-state index contributed by atoms with van der Waals surface area (Å²) in [6.45, 7) is 1.16. The first-order valence-corrected chi connectivity index (χ1v) is 7.61. The molecule has 8 heteroatoms. The Kier molecular flexibility index (Phi) is 4.89. The van der Waals surface area contributed by atoms with Crippen molar-refractivity contribution in [3.8, 4) is 5.88 Å². The van der Waals surface area contributed by atoms with Crippen LogP contribution in [0.1, 0.15) is 22.3 Å². The van der Waals surface area contributed by atoms with Gasteiger partial charge in [0.1, 0.15) is 6.10 Å². The van der Waals surface area contributed by atoms with E-state index in [2.05, 4.69) is 10.3 Å². The molecule has 0 bridgehead atoms. The third-order valence-corrected chi connectivity index (χ3v) is 3.64. The second-order valence-electron chi connectivity index (χ2n) is 5.52. The molecule has 1 unspecified atom stereocenters. The molecule has 132 valence electrons. The summed E-state index contributed by atoms with van der Waals surface area (Å²) in [4.78, 5) is 16.2. The predicted molar refractivity (Wildman–Crippen MR) is 83.5 cm³/mol. The highest BCUT2D eigenvalue weighted by molar-refractivity contribution is 6.04. The van der Waals surface area contributed by atoms with Gasteiger partial charge < -0.3 is 14.8 Å².